The molecule has 0 fully saturated rings. The first-order valence-electron chi connectivity index (χ1n) is 6.11. The highest BCUT2D eigenvalue weighted by Crippen LogP contribution is 2.13. The van der Waals surface area contributed by atoms with Gasteiger partial charge in [-0.2, -0.15) is 5.10 Å². The maximum Gasteiger partial charge on any atom is 0.251 e. The van der Waals surface area contributed by atoms with Crippen molar-refractivity contribution < 1.29 is 4.79 Å². The molecule has 5 heteroatoms. The highest BCUT2D eigenvalue weighted by atomic mass is 16.1. The van der Waals surface area contributed by atoms with Crippen LogP contribution in [0.25, 0.3) is 0 Å². The Balaban J connectivity index is 2.05. The number of aryl methyl sites for hydroxylation is 3. The van der Waals surface area contributed by atoms with E-state index in [0.717, 1.165) is 16.8 Å². The predicted octanol–water partition coefficient (Wildman–Crippen LogP) is 1.55. The minimum atomic E-state index is -0.130. The van der Waals surface area contributed by atoms with E-state index in [1.165, 1.54) is 0 Å². The summed E-state index contributed by atoms with van der Waals surface area (Å²) in [5.74, 6) is -0.130. The van der Waals surface area contributed by atoms with Crippen molar-refractivity contribution in [3.8, 4) is 0 Å². The topological polar surface area (TPSA) is 72.9 Å². The van der Waals surface area contributed by atoms with Gasteiger partial charge in [-0.3, -0.25) is 9.48 Å². The molecule has 5 nitrogen and oxygen atoms in total. The van der Waals surface area contributed by atoms with Gasteiger partial charge in [-0.1, -0.05) is 6.07 Å². The van der Waals surface area contributed by atoms with E-state index in [-0.39, 0.29) is 5.91 Å². The summed E-state index contributed by atoms with van der Waals surface area (Å²) >= 11 is 0. The molecule has 2 rings (SSSR count). The lowest BCUT2D eigenvalue weighted by Gasteiger charge is -2.06. The van der Waals surface area contributed by atoms with Gasteiger partial charge in [-0.25, -0.2) is 0 Å². The Morgan fingerprint density at radius 3 is 2.74 bits per heavy atom. The molecular weight excluding hydrogens is 240 g/mol. The van der Waals surface area contributed by atoms with Crippen LogP contribution in [0.1, 0.15) is 27.2 Å². The molecule has 0 bridgehead atoms. The van der Waals surface area contributed by atoms with Gasteiger partial charge in [0.2, 0.25) is 0 Å². The van der Waals surface area contributed by atoms with Gasteiger partial charge in [-0.15, -0.1) is 0 Å². The van der Waals surface area contributed by atoms with Crippen molar-refractivity contribution in [3.63, 3.8) is 0 Å². The van der Waals surface area contributed by atoms with Crippen LogP contribution >= 0.6 is 0 Å². The molecule has 0 aliphatic rings. The van der Waals surface area contributed by atoms with Gasteiger partial charge in [0.15, 0.2) is 0 Å². The fourth-order valence-electron chi connectivity index (χ4n) is 1.88. The second kappa shape index (κ2) is 5.14. The average Bonchev–Trinajstić information content (AvgIpc) is 2.68. The molecule has 3 N–H and O–H groups in total. The number of carbonyl (C=O) groups is 1. The van der Waals surface area contributed by atoms with Crippen molar-refractivity contribution in [1.82, 2.24) is 15.1 Å². The Morgan fingerprint density at radius 2 is 2.16 bits per heavy atom. The first kappa shape index (κ1) is 13.1. The summed E-state index contributed by atoms with van der Waals surface area (Å²) in [5, 5.41) is 7.10. The number of nitrogens with zero attached hydrogens (tertiary/aromatic N) is 2. The average molecular weight is 258 g/mol. The second-order valence-corrected chi connectivity index (χ2v) is 4.67. The normalized spacial score (nSPS) is 10.5. The van der Waals surface area contributed by atoms with E-state index in [9.17, 15) is 4.79 Å². The fourth-order valence-corrected chi connectivity index (χ4v) is 1.88. The molecule has 1 aromatic carbocycles. The number of nitrogens with one attached hydrogen (secondary N) is 1. The molecule has 100 valence electrons. The van der Waals surface area contributed by atoms with Gasteiger partial charge in [0.1, 0.15) is 0 Å². The van der Waals surface area contributed by atoms with Crippen molar-refractivity contribution in [3.05, 3.63) is 46.8 Å². The first-order valence-corrected chi connectivity index (χ1v) is 6.11. The van der Waals surface area contributed by atoms with E-state index >= 15 is 0 Å². The van der Waals surface area contributed by atoms with Crippen molar-refractivity contribution in [2.24, 2.45) is 7.05 Å². The first-order chi connectivity index (χ1) is 8.97. The second-order valence-electron chi connectivity index (χ2n) is 4.67. The highest BCUT2D eigenvalue weighted by molar-refractivity contribution is 5.95. The van der Waals surface area contributed by atoms with E-state index in [1.54, 1.807) is 16.8 Å². The van der Waals surface area contributed by atoms with Gasteiger partial charge in [0, 0.05) is 36.6 Å². The molecule has 2 aromatic rings. The predicted molar refractivity (Wildman–Crippen MR) is 74.7 cm³/mol. The molecule has 0 aliphatic carbocycles. The quantitative estimate of drug-likeness (QED) is 0.820. The van der Waals surface area contributed by atoms with Gasteiger partial charge in [0.05, 0.1) is 5.69 Å². The Labute approximate surface area is 112 Å². The van der Waals surface area contributed by atoms with Crippen LogP contribution in [0.15, 0.2) is 24.4 Å². The zero-order valence-electron chi connectivity index (χ0n) is 11.4. The molecule has 1 aromatic heterocycles. The summed E-state index contributed by atoms with van der Waals surface area (Å²) in [6, 6.07) is 5.32. The number of rotatable bonds is 3. The van der Waals surface area contributed by atoms with Crippen LogP contribution in [0.5, 0.6) is 0 Å². The molecule has 0 atom stereocenters. The lowest BCUT2D eigenvalue weighted by Crippen LogP contribution is -2.23. The van der Waals surface area contributed by atoms with Crippen molar-refractivity contribution in [2.45, 2.75) is 20.4 Å². The zero-order valence-corrected chi connectivity index (χ0v) is 11.4. The highest BCUT2D eigenvalue weighted by Gasteiger charge is 2.08. The largest absolute Gasteiger partial charge is 0.398 e. The van der Waals surface area contributed by atoms with E-state index in [2.05, 4.69) is 10.4 Å². The Kier molecular flexibility index (Phi) is 3.55. The SMILES string of the molecule is Cc1ccc(C(=O)NCc2cn(C)nc2C)cc1N. The van der Waals surface area contributed by atoms with Crippen LogP contribution in [0.2, 0.25) is 0 Å². The van der Waals surface area contributed by atoms with Crippen molar-refractivity contribution in [2.75, 3.05) is 5.73 Å². The number of benzene rings is 1. The number of anilines is 1. The summed E-state index contributed by atoms with van der Waals surface area (Å²) in [7, 11) is 1.86. The number of hydrogen-bond donors (Lipinski definition) is 2. The molecule has 0 aliphatic heterocycles. The van der Waals surface area contributed by atoms with Gasteiger partial charge >= 0.3 is 0 Å². The number of hydrogen-bond acceptors (Lipinski definition) is 3. The number of aromatic nitrogens is 2. The lowest BCUT2D eigenvalue weighted by atomic mass is 10.1. The third-order valence-corrected chi connectivity index (χ3v) is 3.10. The van der Waals surface area contributed by atoms with Crippen molar-refractivity contribution >= 4 is 11.6 Å². The Morgan fingerprint density at radius 1 is 1.42 bits per heavy atom. The standard InChI is InChI=1S/C14H18N4O/c1-9-4-5-11(6-13(9)15)14(19)16-7-12-8-18(3)17-10(12)2/h4-6,8H,7,15H2,1-3H3,(H,16,19). The van der Waals surface area contributed by atoms with E-state index in [0.29, 0.717) is 17.8 Å². The summed E-state index contributed by atoms with van der Waals surface area (Å²) in [5.41, 5.74) is 9.91. The van der Waals surface area contributed by atoms with Crippen LogP contribution in [0, 0.1) is 13.8 Å². The van der Waals surface area contributed by atoms with Crippen LogP contribution < -0.4 is 11.1 Å². The summed E-state index contributed by atoms with van der Waals surface area (Å²) in [6.45, 7) is 4.30. The lowest BCUT2D eigenvalue weighted by molar-refractivity contribution is 0.0951. The van der Waals surface area contributed by atoms with E-state index < -0.39 is 0 Å². The van der Waals surface area contributed by atoms with Crippen LogP contribution in [0.4, 0.5) is 5.69 Å². The molecule has 19 heavy (non-hydrogen) atoms. The van der Waals surface area contributed by atoms with Crippen molar-refractivity contribution in [1.29, 1.82) is 0 Å². The van der Waals surface area contributed by atoms with Crippen LogP contribution in [-0.2, 0) is 13.6 Å². The third-order valence-electron chi connectivity index (χ3n) is 3.10. The molecule has 0 radical (unpaired) electrons. The molecule has 0 unspecified atom stereocenters. The van der Waals surface area contributed by atoms with Crippen LogP contribution in [0.3, 0.4) is 0 Å². The molecule has 0 saturated heterocycles. The van der Waals surface area contributed by atoms with Crippen LogP contribution in [-0.4, -0.2) is 15.7 Å². The molecule has 0 saturated carbocycles. The smallest absolute Gasteiger partial charge is 0.251 e. The van der Waals surface area contributed by atoms with Gasteiger partial charge < -0.3 is 11.1 Å². The Bertz CT molecular complexity index is 616. The number of nitrogens with two attached hydrogens (primary N) is 1. The minimum Gasteiger partial charge on any atom is -0.398 e. The van der Waals surface area contributed by atoms with Gasteiger partial charge in [-0.05, 0) is 31.5 Å². The number of nitrogen functional groups attached to an aromatic ring is 1. The van der Waals surface area contributed by atoms with E-state index in [4.69, 9.17) is 5.73 Å². The molecule has 0 spiro atoms. The number of amides is 1. The summed E-state index contributed by atoms with van der Waals surface area (Å²) in [4.78, 5) is 12.0. The van der Waals surface area contributed by atoms with Gasteiger partial charge in [0.25, 0.3) is 5.91 Å². The fraction of sp³-hybridized carbons (Fsp3) is 0.286. The zero-order chi connectivity index (χ0) is 14.0. The summed E-state index contributed by atoms with van der Waals surface area (Å²) < 4.78 is 1.74. The van der Waals surface area contributed by atoms with E-state index in [1.807, 2.05) is 33.2 Å². The summed E-state index contributed by atoms with van der Waals surface area (Å²) in [6.07, 6.45) is 1.90. The maximum absolute atomic E-state index is 12.0. The molecule has 1 heterocycles. The number of carbonyl (C=O) groups excluding carboxylic acids is 1. The monoisotopic (exact) mass is 258 g/mol. The maximum atomic E-state index is 12.0. The minimum absolute atomic E-state index is 0.130. The Hall–Kier alpha value is -2.30. The molecular formula is C14H18N4O. The molecule has 1 amide bonds. The third kappa shape index (κ3) is 2.93.